The maximum absolute atomic E-state index is 13.1. The standard InChI is InChI=1S/C22H23N5O4/c1-15-2-4-16(5-3-15)19-12-27-18(14-31-19)20(23-24-27)22(29)26-9-7-25(8-10-26)21(28)17-6-11-30-13-17/h2-6,11,13,19H,7-10,12,14H2,1H3/t19-/m1/s1. The van der Waals surface area contributed by atoms with E-state index in [1.165, 1.54) is 18.1 Å². The van der Waals surface area contributed by atoms with Crippen molar-refractivity contribution in [1.29, 1.82) is 0 Å². The summed E-state index contributed by atoms with van der Waals surface area (Å²) >= 11 is 0. The third-order valence-electron chi connectivity index (χ3n) is 5.87. The Morgan fingerprint density at radius 3 is 2.39 bits per heavy atom. The molecule has 2 aliphatic rings. The first-order valence-corrected chi connectivity index (χ1v) is 10.3. The van der Waals surface area contributed by atoms with Gasteiger partial charge in [-0.3, -0.25) is 9.59 Å². The molecule has 9 heteroatoms. The molecule has 0 bridgehead atoms. The number of hydrogen-bond donors (Lipinski definition) is 0. The molecule has 3 aromatic rings. The molecule has 1 aromatic carbocycles. The number of nitrogens with zero attached hydrogens (tertiary/aromatic N) is 5. The Kier molecular flexibility index (Phi) is 5.03. The molecule has 1 saturated heterocycles. The highest BCUT2D eigenvalue weighted by Crippen LogP contribution is 2.27. The number of carbonyl (C=O) groups is 2. The average Bonchev–Trinajstić information content (AvgIpc) is 3.49. The van der Waals surface area contributed by atoms with Gasteiger partial charge < -0.3 is 19.0 Å². The summed E-state index contributed by atoms with van der Waals surface area (Å²) in [6.07, 6.45) is 2.80. The number of amides is 2. The van der Waals surface area contributed by atoms with Gasteiger partial charge in [0.25, 0.3) is 11.8 Å². The highest BCUT2D eigenvalue weighted by Gasteiger charge is 2.32. The molecule has 5 rings (SSSR count). The smallest absolute Gasteiger partial charge is 0.276 e. The van der Waals surface area contributed by atoms with Gasteiger partial charge in [-0.15, -0.1) is 5.10 Å². The first-order valence-electron chi connectivity index (χ1n) is 10.3. The van der Waals surface area contributed by atoms with Crippen LogP contribution < -0.4 is 0 Å². The van der Waals surface area contributed by atoms with Crippen LogP contribution >= 0.6 is 0 Å². The third kappa shape index (κ3) is 3.72. The number of ether oxygens (including phenoxy) is 1. The fourth-order valence-electron chi connectivity index (χ4n) is 3.99. The fourth-order valence-corrected chi connectivity index (χ4v) is 3.99. The molecule has 0 unspecified atom stereocenters. The summed E-state index contributed by atoms with van der Waals surface area (Å²) in [5, 5.41) is 8.37. The van der Waals surface area contributed by atoms with Gasteiger partial charge in [0.05, 0.1) is 30.7 Å². The van der Waals surface area contributed by atoms with Crippen molar-refractivity contribution in [3.8, 4) is 0 Å². The summed E-state index contributed by atoms with van der Waals surface area (Å²) < 4.78 is 12.8. The van der Waals surface area contributed by atoms with Crippen LogP contribution in [0.15, 0.2) is 47.3 Å². The molecule has 0 radical (unpaired) electrons. The molecule has 9 nitrogen and oxygen atoms in total. The van der Waals surface area contributed by atoms with Crippen molar-refractivity contribution in [3.63, 3.8) is 0 Å². The molecule has 31 heavy (non-hydrogen) atoms. The van der Waals surface area contributed by atoms with Crippen molar-refractivity contribution < 1.29 is 18.7 Å². The summed E-state index contributed by atoms with van der Waals surface area (Å²) in [5.74, 6) is -0.258. The van der Waals surface area contributed by atoms with Crippen molar-refractivity contribution in [2.24, 2.45) is 0 Å². The van der Waals surface area contributed by atoms with E-state index >= 15 is 0 Å². The minimum Gasteiger partial charge on any atom is -0.472 e. The zero-order valence-corrected chi connectivity index (χ0v) is 17.2. The van der Waals surface area contributed by atoms with Crippen molar-refractivity contribution in [2.45, 2.75) is 26.2 Å². The SMILES string of the molecule is Cc1ccc([C@H]2Cn3nnc(C(=O)N4CCN(C(=O)c5ccoc5)CC4)c3CO2)cc1. The average molecular weight is 421 g/mol. The van der Waals surface area contributed by atoms with Crippen LogP contribution in [0.3, 0.4) is 0 Å². The molecule has 160 valence electrons. The normalized spacial score (nSPS) is 18.7. The number of rotatable bonds is 3. The molecule has 2 aromatic heterocycles. The summed E-state index contributed by atoms with van der Waals surface area (Å²) in [6, 6.07) is 9.87. The number of piperazine rings is 1. The number of aryl methyl sites for hydroxylation is 1. The van der Waals surface area contributed by atoms with Gasteiger partial charge in [0, 0.05) is 26.2 Å². The van der Waals surface area contributed by atoms with Gasteiger partial charge in [-0.2, -0.15) is 0 Å². The van der Waals surface area contributed by atoms with E-state index in [0.717, 1.165) is 5.56 Å². The van der Waals surface area contributed by atoms with Crippen molar-refractivity contribution >= 4 is 11.8 Å². The maximum atomic E-state index is 13.1. The molecular formula is C22H23N5O4. The second-order valence-electron chi connectivity index (χ2n) is 7.87. The molecule has 0 saturated carbocycles. The minimum atomic E-state index is -0.172. The zero-order valence-electron chi connectivity index (χ0n) is 17.2. The molecule has 4 heterocycles. The second kappa shape index (κ2) is 7.99. The van der Waals surface area contributed by atoms with E-state index in [2.05, 4.69) is 34.6 Å². The van der Waals surface area contributed by atoms with Crippen molar-refractivity contribution in [3.05, 3.63) is 70.9 Å². The predicted octanol–water partition coefficient (Wildman–Crippen LogP) is 2.05. The fraction of sp³-hybridized carbons (Fsp3) is 0.364. The van der Waals surface area contributed by atoms with Crippen LogP contribution in [0.1, 0.15) is 43.8 Å². The minimum absolute atomic E-state index is 0.0857. The van der Waals surface area contributed by atoms with E-state index in [1.54, 1.807) is 20.5 Å². The number of carbonyl (C=O) groups excluding carboxylic acids is 2. The number of benzene rings is 1. The maximum Gasteiger partial charge on any atom is 0.276 e. The molecule has 1 fully saturated rings. The highest BCUT2D eigenvalue weighted by atomic mass is 16.5. The Hall–Kier alpha value is -3.46. The van der Waals surface area contributed by atoms with Gasteiger partial charge in [-0.1, -0.05) is 35.0 Å². The van der Waals surface area contributed by atoms with Crippen LogP contribution in [0.25, 0.3) is 0 Å². The van der Waals surface area contributed by atoms with Crippen molar-refractivity contribution in [2.75, 3.05) is 26.2 Å². The van der Waals surface area contributed by atoms with Crippen LogP contribution in [0.5, 0.6) is 0 Å². The van der Waals surface area contributed by atoms with Crippen LogP contribution in [0.4, 0.5) is 0 Å². The Morgan fingerprint density at radius 1 is 1.00 bits per heavy atom. The summed E-state index contributed by atoms with van der Waals surface area (Å²) in [7, 11) is 0. The largest absolute Gasteiger partial charge is 0.472 e. The first-order chi connectivity index (χ1) is 15.1. The Labute approximate surface area is 179 Å². The van der Waals surface area contributed by atoms with Crippen LogP contribution in [-0.4, -0.2) is 62.8 Å². The number of furan rings is 1. The Morgan fingerprint density at radius 2 is 1.71 bits per heavy atom. The van der Waals surface area contributed by atoms with E-state index in [4.69, 9.17) is 9.15 Å². The third-order valence-corrected chi connectivity index (χ3v) is 5.87. The molecule has 0 aliphatic carbocycles. The van der Waals surface area contributed by atoms with E-state index in [9.17, 15) is 9.59 Å². The number of aromatic nitrogens is 3. The lowest BCUT2D eigenvalue weighted by Crippen LogP contribution is -2.50. The first kappa shape index (κ1) is 19.5. The highest BCUT2D eigenvalue weighted by molar-refractivity contribution is 5.95. The van der Waals surface area contributed by atoms with Crippen LogP contribution in [-0.2, 0) is 17.9 Å². The Balaban J connectivity index is 1.24. The lowest BCUT2D eigenvalue weighted by Gasteiger charge is -2.34. The monoisotopic (exact) mass is 421 g/mol. The van der Waals surface area contributed by atoms with Gasteiger partial charge in [0.2, 0.25) is 0 Å². The predicted molar refractivity (Wildman–Crippen MR) is 109 cm³/mol. The summed E-state index contributed by atoms with van der Waals surface area (Å²) in [4.78, 5) is 29.0. The van der Waals surface area contributed by atoms with Gasteiger partial charge in [-0.25, -0.2) is 4.68 Å². The molecule has 0 N–H and O–H groups in total. The number of hydrogen-bond acceptors (Lipinski definition) is 6. The van der Waals surface area contributed by atoms with Gasteiger partial charge in [0.15, 0.2) is 5.69 Å². The van der Waals surface area contributed by atoms with E-state index in [0.29, 0.717) is 49.7 Å². The van der Waals surface area contributed by atoms with Gasteiger partial charge in [-0.05, 0) is 18.6 Å². The van der Waals surface area contributed by atoms with Crippen LogP contribution in [0.2, 0.25) is 0 Å². The molecule has 2 amide bonds. The van der Waals surface area contributed by atoms with Crippen LogP contribution in [0, 0.1) is 6.92 Å². The van der Waals surface area contributed by atoms with E-state index < -0.39 is 0 Å². The lowest BCUT2D eigenvalue weighted by molar-refractivity contribution is -0.00203. The lowest BCUT2D eigenvalue weighted by atomic mass is 10.1. The molecule has 0 spiro atoms. The zero-order chi connectivity index (χ0) is 21.4. The topological polar surface area (TPSA) is 93.7 Å². The van der Waals surface area contributed by atoms with Crippen molar-refractivity contribution in [1.82, 2.24) is 24.8 Å². The van der Waals surface area contributed by atoms with Gasteiger partial charge >= 0.3 is 0 Å². The van der Waals surface area contributed by atoms with E-state index in [-0.39, 0.29) is 24.5 Å². The summed E-state index contributed by atoms with van der Waals surface area (Å²) in [5.41, 5.74) is 3.83. The quantitative estimate of drug-likeness (QED) is 0.643. The van der Waals surface area contributed by atoms with E-state index in [1.807, 2.05) is 6.92 Å². The molecule has 2 aliphatic heterocycles. The molecule has 1 atom stereocenters. The molecular weight excluding hydrogens is 398 g/mol. The summed E-state index contributed by atoms with van der Waals surface area (Å²) in [6.45, 7) is 4.67. The Bertz CT molecular complexity index is 1080. The number of fused-ring (bicyclic) bond motifs is 1. The second-order valence-corrected chi connectivity index (χ2v) is 7.87. The van der Waals surface area contributed by atoms with Gasteiger partial charge in [0.1, 0.15) is 12.4 Å².